The molecule has 2 aromatic heterocycles. The van der Waals surface area contributed by atoms with Crippen molar-refractivity contribution >= 4 is 0 Å². The SMILES string of the molecule is OC1CCCc2c1ccn2Cc1cnc[nH]1. The Morgan fingerprint density at radius 2 is 2.50 bits per heavy atom. The van der Waals surface area contributed by atoms with Crippen LogP contribution >= 0.6 is 0 Å². The van der Waals surface area contributed by atoms with E-state index in [-0.39, 0.29) is 6.10 Å². The van der Waals surface area contributed by atoms with Crippen LogP contribution in [-0.4, -0.2) is 19.6 Å². The van der Waals surface area contributed by atoms with Crippen molar-refractivity contribution in [1.29, 1.82) is 0 Å². The van der Waals surface area contributed by atoms with Gasteiger partial charge in [-0.2, -0.15) is 0 Å². The Morgan fingerprint density at radius 1 is 1.56 bits per heavy atom. The molecule has 1 aliphatic carbocycles. The number of rotatable bonds is 2. The fourth-order valence-corrected chi connectivity index (χ4v) is 2.43. The highest BCUT2D eigenvalue weighted by Crippen LogP contribution is 2.30. The van der Waals surface area contributed by atoms with Crippen LogP contribution in [0.2, 0.25) is 0 Å². The van der Waals surface area contributed by atoms with Gasteiger partial charge >= 0.3 is 0 Å². The Morgan fingerprint density at radius 3 is 3.31 bits per heavy atom. The average molecular weight is 217 g/mol. The van der Waals surface area contributed by atoms with E-state index in [0.717, 1.165) is 37.1 Å². The quantitative estimate of drug-likeness (QED) is 0.803. The molecular formula is C12H15N3O. The lowest BCUT2D eigenvalue weighted by molar-refractivity contribution is 0.155. The van der Waals surface area contributed by atoms with Crippen LogP contribution in [0.15, 0.2) is 24.8 Å². The number of aliphatic hydroxyl groups excluding tert-OH is 1. The minimum atomic E-state index is -0.272. The van der Waals surface area contributed by atoms with Crippen LogP contribution in [0.25, 0.3) is 0 Å². The Balaban J connectivity index is 1.91. The summed E-state index contributed by atoms with van der Waals surface area (Å²) in [6.07, 6.45) is 8.34. The molecular weight excluding hydrogens is 202 g/mol. The minimum Gasteiger partial charge on any atom is -0.388 e. The van der Waals surface area contributed by atoms with Gasteiger partial charge in [0.15, 0.2) is 0 Å². The van der Waals surface area contributed by atoms with Gasteiger partial charge in [0, 0.05) is 23.7 Å². The fourth-order valence-electron chi connectivity index (χ4n) is 2.43. The van der Waals surface area contributed by atoms with Crippen molar-refractivity contribution in [2.75, 3.05) is 0 Å². The Hall–Kier alpha value is -1.55. The summed E-state index contributed by atoms with van der Waals surface area (Å²) in [7, 11) is 0. The van der Waals surface area contributed by atoms with E-state index in [1.54, 1.807) is 6.33 Å². The zero-order valence-corrected chi connectivity index (χ0v) is 9.06. The molecule has 0 radical (unpaired) electrons. The van der Waals surface area contributed by atoms with E-state index < -0.39 is 0 Å². The van der Waals surface area contributed by atoms with Crippen molar-refractivity contribution in [1.82, 2.24) is 14.5 Å². The van der Waals surface area contributed by atoms with E-state index in [0.29, 0.717) is 0 Å². The first-order chi connectivity index (χ1) is 7.84. The molecule has 1 unspecified atom stereocenters. The minimum absolute atomic E-state index is 0.272. The van der Waals surface area contributed by atoms with Gasteiger partial charge in [0.2, 0.25) is 0 Å². The molecule has 0 saturated heterocycles. The maximum absolute atomic E-state index is 9.87. The van der Waals surface area contributed by atoms with Gasteiger partial charge in [0.25, 0.3) is 0 Å². The number of H-pyrrole nitrogens is 1. The molecule has 1 atom stereocenters. The largest absolute Gasteiger partial charge is 0.388 e. The molecule has 2 heterocycles. The maximum Gasteiger partial charge on any atom is 0.0922 e. The first kappa shape index (κ1) is 9.66. The van der Waals surface area contributed by atoms with Crippen LogP contribution in [0.3, 0.4) is 0 Å². The molecule has 0 aromatic carbocycles. The summed E-state index contributed by atoms with van der Waals surface area (Å²) >= 11 is 0. The highest BCUT2D eigenvalue weighted by atomic mass is 16.3. The molecule has 4 heteroatoms. The van der Waals surface area contributed by atoms with Gasteiger partial charge in [-0.3, -0.25) is 0 Å². The van der Waals surface area contributed by atoms with Crippen LogP contribution < -0.4 is 0 Å². The van der Waals surface area contributed by atoms with Crippen molar-refractivity contribution in [3.8, 4) is 0 Å². The predicted molar refractivity (Wildman–Crippen MR) is 60.0 cm³/mol. The van der Waals surface area contributed by atoms with E-state index in [4.69, 9.17) is 0 Å². The summed E-state index contributed by atoms with van der Waals surface area (Å²) in [6.45, 7) is 0.808. The Labute approximate surface area is 93.9 Å². The second-order valence-electron chi connectivity index (χ2n) is 4.33. The second kappa shape index (κ2) is 3.79. The third kappa shape index (κ3) is 1.55. The van der Waals surface area contributed by atoms with E-state index in [2.05, 4.69) is 20.7 Å². The highest BCUT2D eigenvalue weighted by molar-refractivity contribution is 5.27. The monoisotopic (exact) mass is 217 g/mol. The van der Waals surface area contributed by atoms with Crippen molar-refractivity contribution in [3.05, 3.63) is 41.7 Å². The Bertz CT molecular complexity index is 472. The average Bonchev–Trinajstić information content (AvgIpc) is 2.90. The molecule has 1 aliphatic rings. The zero-order valence-electron chi connectivity index (χ0n) is 9.06. The number of aromatic nitrogens is 3. The molecule has 0 bridgehead atoms. The molecule has 0 spiro atoms. The van der Waals surface area contributed by atoms with E-state index in [9.17, 15) is 5.11 Å². The summed E-state index contributed by atoms with van der Waals surface area (Å²) in [5, 5.41) is 9.87. The first-order valence-corrected chi connectivity index (χ1v) is 5.68. The fraction of sp³-hybridized carbons (Fsp3) is 0.417. The van der Waals surface area contributed by atoms with Gasteiger partial charge in [-0.05, 0) is 25.3 Å². The molecule has 0 saturated carbocycles. The third-order valence-electron chi connectivity index (χ3n) is 3.26. The van der Waals surface area contributed by atoms with Crippen molar-refractivity contribution in [2.24, 2.45) is 0 Å². The lowest BCUT2D eigenvalue weighted by Gasteiger charge is -2.19. The van der Waals surface area contributed by atoms with Crippen LogP contribution in [0, 0.1) is 0 Å². The predicted octanol–water partition coefficient (Wildman–Crippen LogP) is 1.63. The maximum atomic E-state index is 9.87. The molecule has 2 N–H and O–H groups in total. The summed E-state index contributed by atoms with van der Waals surface area (Å²) in [5.41, 5.74) is 3.47. The molecule has 0 aliphatic heterocycles. The van der Waals surface area contributed by atoms with Crippen LogP contribution in [-0.2, 0) is 13.0 Å². The van der Waals surface area contributed by atoms with Crippen molar-refractivity contribution in [2.45, 2.75) is 31.9 Å². The van der Waals surface area contributed by atoms with Gasteiger partial charge < -0.3 is 14.7 Å². The Kier molecular flexibility index (Phi) is 2.29. The molecule has 0 fully saturated rings. The van der Waals surface area contributed by atoms with E-state index in [1.165, 1.54) is 5.69 Å². The van der Waals surface area contributed by atoms with E-state index >= 15 is 0 Å². The van der Waals surface area contributed by atoms with Gasteiger partial charge in [0.05, 0.1) is 24.7 Å². The summed E-state index contributed by atoms with van der Waals surface area (Å²) in [6, 6.07) is 2.04. The third-order valence-corrected chi connectivity index (χ3v) is 3.26. The standard InChI is InChI=1S/C12H15N3O/c16-12-3-1-2-11-10(12)4-5-15(11)7-9-6-13-8-14-9/h4-6,8,12,16H,1-3,7H2,(H,13,14). The molecule has 4 nitrogen and oxygen atoms in total. The van der Waals surface area contributed by atoms with Gasteiger partial charge in [-0.25, -0.2) is 4.98 Å². The smallest absolute Gasteiger partial charge is 0.0922 e. The summed E-state index contributed by atoms with van der Waals surface area (Å²) in [5.74, 6) is 0. The first-order valence-electron chi connectivity index (χ1n) is 5.68. The van der Waals surface area contributed by atoms with Gasteiger partial charge in [0.1, 0.15) is 0 Å². The molecule has 16 heavy (non-hydrogen) atoms. The topological polar surface area (TPSA) is 53.8 Å². The lowest BCUT2D eigenvalue weighted by atomic mass is 9.95. The zero-order chi connectivity index (χ0) is 11.0. The summed E-state index contributed by atoms with van der Waals surface area (Å²) in [4.78, 5) is 7.11. The van der Waals surface area contributed by atoms with Crippen molar-refractivity contribution in [3.63, 3.8) is 0 Å². The van der Waals surface area contributed by atoms with Crippen LogP contribution in [0.1, 0.15) is 35.9 Å². The molecule has 3 rings (SSSR count). The second-order valence-corrected chi connectivity index (χ2v) is 4.33. The number of nitrogens with one attached hydrogen (secondary N) is 1. The van der Waals surface area contributed by atoms with Gasteiger partial charge in [-0.15, -0.1) is 0 Å². The number of aliphatic hydroxyl groups is 1. The van der Waals surface area contributed by atoms with Crippen LogP contribution in [0.4, 0.5) is 0 Å². The van der Waals surface area contributed by atoms with Crippen LogP contribution in [0.5, 0.6) is 0 Å². The van der Waals surface area contributed by atoms with E-state index in [1.807, 2.05) is 12.3 Å². The van der Waals surface area contributed by atoms with Gasteiger partial charge in [-0.1, -0.05) is 0 Å². The number of fused-ring (bicyclic) bond motifs is 1. The molecule has 0 amide bonds. The number of imidazole rings is 1. The molecule has 84 valence electrons. The molecule has 2 aromatic rings. The highest BCUT2D eigenvalue weighted by Gasteiger charge is 2.20. The summed E-state index contributed by atoms with van der Waals surface area (Å²) < 4.78 is 2.20. The lowest BCUT2D eigenvalue weighted by Crippen LogP contribution is -2.12. The number of aromatic amines is 1. The number of hydrogen-bond donors (Lipinski definition) is 2. The normalized spacial score (nSPS) is 19.7. The number of nitrogens with zero attached hydrogens (tertiary/aromatic N) is 2. The number of hydrogen-bond acceptors (Lipinski definition) is 2. The van der Waals surface area contributed by atoms with Crippen molar-refractivity contribution < 1.29 is 5.11 Å².